The second kappa shape index (κ2) is 6.75. The van der Waals surface area contributed by atoms with Crippen LogP contribution in [0.1, 0.15) is 51.4 Å². The largest absolute Gasteiger partial charge is 0.377 e. The number of hydrogen-bond acceptors (Lipinski definition) is 4. The number of carbonyl (C=O) groups is 1. The molecule has 3 N–H and O–H groups in total. The predicted octanol–water partition coefficient (Wildman–Crippen LogP) is 2.85. The molecule has 0 spiro atoms. The SMILES string of the molecule is NC(=O)C1(C2CCCC2)C=C([N+](=O)[O-])C(NC2CCCC2)=CC1Cl. The first-order valence-electron chi connectivity index (χ1n) is 8.75. The van der Waals surface area contributed by atoms with Crippen LogP contribution in [0.2, 0.25) is 0 Å². The van der Waals surface area contributed by atoms with Crippen molar-refractivity contribution in [2.24, 2.45) is 17.1 Å². The highest BCUT2D eigenvalue weighted by Crippen LogP contribution is 2.49. The molecule has 0 aromatic rings. The first kappa shape index (κ1) is 17.3. The predicted molar refractivity (Wildman–Crippen MR) is 91.8 cm³/mol. The van der Waals surface area contributed by atoms with E-state index in [2.05, 4.69) is 5.32 Å². The van der Waals surface area contributed by atoms with Crippen molar-refractivity contribution in [1.82, 2.24) is 5.32 Å². The van der Waals surface area contributed by atoms with Gasteiger partial charge in [0.05, 0.1) is 15.7 Å². The molecular weight excluding hydrogens is 330 g/mol. The third kappa shape index (κ3) is 2.92. The molecule has 132 valence electrons. The minimum absolute atomic E-state index is 0.0308. The van der Waals surface area contributed by atoms with Crippen LogP contribution in [0.3, 0.4) is 0 Å². The van der Waals surface area contributed by atoms with E-state index in [4.69, 9.17) is 17.3 Å². The number of amides is 1. The maximum absolute atomic E-state index is 12.3. The highest BCUT2D eigenvalue weighted by molar-refractivity contribution is 6.24. The fourth-order valence-corrected chi connectivity index (χ4v) is 4.95. The van der Waals surface area contributed by atoms with Gasteiger partial charge in [-0.25, -0.2) is 0 Å². The molecule has 2 unspecified atom stereocenters. The topological polar surface area (TPSA) is 98.3 Å². The summed E-state index contributed by atoms with van der Waals surface area (Å²) < 4.78 is 0. The molecule has 2 saturated carbocycles. The molecule has 6 nitrogen and oxygen atoms in total. The number of allylic oxidation sites excluding steroid dienone is 1. The summed E-state index contributed by atoms with van der Waals surface area (Å²) in [6, 6.07) is 0.232. The number of nitrogens with zero attached hydrogens (tertiary/aromatic N) is 1. The minimum atomic E-state index is -1.17. The van der Waals surface area contributed by atoms with Crippen molar-refractivity contribution in [3.05, 3.63) is 33.7 Å². The highest BCUT2D eigenvalue weighted by atomic mass is 35.5. The minimum Gasteiger partial charge on any atom is -0.377 e. The average molecular weight is 354 g/mol. The summed E-state index contributed by atoms with van der Waals surface area (Å²) in [5.74, 6) is -0.596. The van der Waals surface area contributed by atoms with Gasteiger partial charge in [-0.2, -0.15) is 0 Å². The quantitative estimate of drug-likeness (QED) is 0.451. The van der Waals surface area contributed by atoms with Crippen molar-refractivity contribution in [1.29, 1.82) is 0 Å². The molecule has 3 aliphatic rings. The van der Waals surface area contributed by atoms with Gasteiger partial charge in [0.15, 0.2) is 0 Å². The second-order valence-electron chi connectivity index (χ2n) is 7.17. The van der Waals surface area contributed by atoms with Crippen LogP contribution in [0.5, 0.6) is 0 Å². The number of hydrogen-bond donors (Lipinski definition) is 2. The number of nitrogens with two attached hydrogens (primary N) is 1. The molecule has 7 heteroatoms. The van der Waals surface area contributed by atoms with Crippen LogP contribution in [0.15, 0.2) is 23.5 Å². The number of rotatable bonds is 5. The van der Waals surface area contributed by atoms with Gasteiger partial charge in [-0.15, -0.1) is 11.6 Å². The van der Waals surface area contributed by atoms with Crippen LogP contribution in [-0.4, -0.2) is 22.2 Å². The molecule has 0 aliphatic heterocycles. The smallest absolute Gasteiger partial charge is 0.289 e. The zero-order valence-corrected chi connectivity index (χ0v) is 14.4. The lowest BCUT2D eigenvalue weighted by Gasteiger charge is -2.38. The molecule has 3 rings (SSSR count). The first-order chi connectivity index (χ1) is 11.4. The number of primary amides is 1. The Labute approximate surface area is 146 Å². The van der Waals surface area contributed by atoms with Crippen LogP contribution in [-0.2, 0) is 4.79 Å². The van der Waals surface area contributed by atoms with Crippen LogP contribution in [0.25, 0.3) is 0 Å². The van der Waals surface area contributed by atoms with Gasteiger partial charge in [0, 0.05) is 12.1 Å². The first-order valence-corrected chi connectivity index (χ1v) is 9.18. The third-order valence-electron chi connectivity index (χ3n) is 5.79. The zero-order chi connectivity index (χ0) is 17.3. The maximum Gasteiger partial charge on any atom is 0.289 e. The third-order valence-corrected chi connectivity index (χ3v) is 6.28. The van der Waals surface area contributed by atoms with Gasteiger partial charge in [0.2, 0.25) is 5.91 Å². The molecule has 3 aliphatic carbocycles. The van der Waals surface area contributed by atoms with E-state index in [1.807, 2.05) is 0 Å². The lowest BCUT2D eigenvalue weighted by atomic mass is 9.68. The van der Waals surface area contributed by atoms with Gasteiger partial charge in [-0.3, -0.25) is 14.9 Å². The van der Waals surface area contributed by atoms with Crippen molar-refractivity contribution in [2.75, 3.05) is 0 Å². The summed E-state index contributed by atoms with van der Waals surface area (Å²) in [6.07, 6.45) is 11.0. The van der Waals surface area contributed by atoms with Crippen molar-refractivity contribution in [2.45, 2.75) is 62.8 Å². The number of alkyl halides is 1. The molecule has 0 saturated heterocycles. The number of nitro groups is 1. The van der Waals surface area contributed by atoms with E-state index >= 15 is 0 Å². The molecule has 2 atom stereocenters. The summed E-state index contributed by atoms with van der Waals surface area (Å²) in [4.78, 5) is 23.5. The van der Waals surface area contributed by atoms with E-state index in [1.165, 1.54) is 6.08 Å². The lowest BCUT2D eigenvalue weighted by molar-refractivity contribution is -0.422. The molecule has 2 fully saturated rings. The van der Waals surface area contributed by atoms with Crippen LogP contribution < -0.4 is 11.1 Å². The molecular formula is C17H24ClN3O3. The Kier molecular flexibility index (Phi) is 4.85. The normalized spacial score (nSPS) is 31.6. The Morgan fingerprint density at radius 3 is 2.38 bits per heavy atom. The van der Waals surface area contributed by atoms with Crippen LogP contribution >= 0.6 is 11.6 Å². The van der Waals surface area contributed by atoms with Gasteiger partial charge < -0.3 is 11.1 Å². The summed E-state index contributed by atoms with van der Waals surface area (Å²) in [5, 5.41) is 14.2. The fraction of sp³-hybridized carbons (Fsp3) is 0.706. The Hall–Kier alpha value is -1.56. The van der Waals surface area contributed by atoms with E-state index in [1.54, 1.807) is 6.08 Å². The van der Waals surface area contributed by atoms with Gasteiger partial charge in [0.1, 0.15) is 5.70 Å². The standard InChI is InChI=1S/C17H24ClN3O3/c18-15-9-13(20-12-7-3-4-8-12)14(21(23)24)10-17(15,16(19)22)11-5-1-2-6-11/h9-12,15,20H,1-8H2,(H2,19,22). The van der Waals surface area contributed by atoms with Gasteiger partial charge >= 0.3 is 0 Å². The summed E-state index contributed by atoms with van der Waals surface area (Å²) in [5.41, 5.74) is 4.91. The Bertz CT molecular complexity index is 592. The summed E-state index contributed by atoms with van der Waals surface area (Å²) in [7, 11) is 0. The van der Waals surface area contributed by atoms with E-state index in [0.29, 0.717) is 5.70 Å². The Balaban J connectivity index is 1.96. The van der Waals surface area contributed by atoms with E-state index in [9.17, 15) is 14.9 Å². The molecule has 1 amide bonds. The molecule has 0 aromatic heterocycles. The van der Waals surface area contributed by atoms with Gasteiger partial charge in [0.25, 0.3) is 5.70 Å². The number of halogens is 1. The van der Waals surface area contributed by atoms with Crippen molar-refractivity contribution in [3.63, 3.8) is 0 Å². The second-order valence-corrected chi connectivity index (χ2v) is 7.64. The van der Waals surface area contributed by atoms with Crippen molar-refractivity contribution >= 4 is 17.5 Å². The number of carbonyl (C=O) groups excluding carboxylic acids is 1. The van der Waals surface area contributed by atoms with E-state index in [0.717, 1.165) is 51.4 Å². The van der Waals surface area contributed by atoms with Gasteiger partial charge in [-0.1, -0.05) is 25.7 Å². The van der Waals surface area contributed by atoms with Crippen LogP contribution in [0.4, 0.5) is 0 Å². The van der Waals surface area contributed by atoms with E-state index < -0.39 is 21.6 Å². The van der Waals surface area contributed by atoms with Crippen molar-refractivity contribution in [3.8, 4) is 0 Å². The highest BCUT2D eigenvalue weighted by Gasteiger charge is 2.52. The average Bonchev–Trinajstić information content (AvgIpc) is 3.20. The van der Waals surface area contributed by atoms with E-state index in [-0.39, 0.29) is 17.7 Å². The lowest BCUT2D eigenvalue weighted by Crippen LogP contribution is -2.50. The molecule has 0 aromatic carbocycles. The Morgan fingerprint density at radius 1 is 1.25 bits per heavy atom. The molecule has 0 bridgehead atoms. The Morgan fingerprint density at radius 2 is 1.83 bits per heavy atom. The fourth-order valence-electron chi connectivity index (χ4n) is 4.47. The maximum atomic E-state index is 12.3. The molecule has 0 radical (unpaired) electrons. The number of nitrogens with one attached hydrogen (secondary N) is 1. The van der Waals surface area contributed by atoms with Crippen molar-refractivity contribution < 1.29 is 9.72 Å². The monoisotopic (exact) mass is 353 g/mol. The molecule has 24 heavy (non-hydrogen) atoms. The van der Waals surface area contributed by atoms with Gasteiger partial charge in [-0.05, 0) is 37.7 Å². The molecule has 0 heterocycles. The van der Waals surface area contributed by atoms with Crippen LogP contribution in [0, 0.1) is 21.4 Å². The zero-order valence-electron chi connectivity index (χ0n) is 13.7. The summed E-state index contributed by atoms with van der Waals surface area (Å²) in [6.45, 7) is 0. The summed E-state index contributed by atoms with van der Waals surface area (Å²) >= 11 is 6.58.